The van der Waals surface area contributed by atoms with Crippen molar-refractivity contribution >= 4 is 91.3 Å². The third-order valence-electron chi connectivity index (χ3n) is 3.47. The molecule has 10 heteroatoms. The van der Waals surface area contributed by atoms with Crippen LogP contribution in [0.1, 0.15) is 0 Å². The van der Waals surface area contributed by atoms with Crippen molar-refractivity contribution in [2.75, 3.05) is 0 Å². The van der Waals surface area contributed by atoms with Crippen molar-refractivity contribution < 1.29 is 9.59 Å². The standard InChI is InChI=1S/C14H8N2O2S2.C8H4N2S2/c17-9-15-11-1-5-13(6-2-11)19-20-14-7-3-12(4-8-14)16-10-18;11-5-9-7-3-1-2-4-8(7)10-6-12/h1-8H;1-4H. The highest BCUT2D eigenvalue weighted by Crippen LogP contribution is 2.38. The number of benzene rings is 3. The number of isocyanates is 2. The van der Waals surface area contributed by atoms with Crippen LogP contribution < -0.4 is 0 Å². The van der Waals surface area contributed by atoms with Gasteiger partial charge in [-0.15, -0.1) is 0 Å². The van der Waals surface area contributed by atoms with Crippen LogP contribution in [0, 0.1) is 0 Å². The fourth-order valence-corrected chi connectivity index (χ4v) is 4.23. The van der Waals surface area contributed by atoms with Crippen molar-refractivity contribution in [3.05, 3.63) is 72.8 Å². The molecule has 3 aromatic rings. The van der Waals surface area contributed by atoms with Crippen LogP contribution in [-0.2, 0) is 9.59 Å². The van der Waals surface area contributed by atoms with Crippen molar-refractivity contribution in [3.8, 4) is 0 Å². The smallest absolute Gasteiger partial charge is 0.211 e. The Hall–Kier alpha value is -3.28. The highest BCUT2D eigenvalue weighted by atomic mass is 33.1. The maximum atomic E-state index is 10.1. The van der Waals surface area contributed by atoms with E-state index < -0.39 is 0 Å². The van der Waals surface area contributed by atoms with Gasteiger partial charge in [0, 0.05) is 9.79 Å². The first-order valence-corrected chi connectivity index (χ1v) is 11.6. The van der Waals surface area contributed by atoms with Gasteiger partial charge in [0.1, 0.15) is 11.4 Å². The van der Waals surface area contributed by atoms with E-state index in [4.69, 9.17) is 0 Å². The normalized spacial score (nSPS) is 8.88. The molecule has 0 saturated heterocycles. The molecule has 3 aromatic carbocycles. The average Bonchev–Trinajstić information content (AvgIpc) is 2.82. The first-order valence-electron chi connectivity index (χ1n) is 8.65. The van der Waals surface area contributed by atoms with Gasteiger partial charge in [0.25, 0.3) is 0 Å². The number of para-hydroxylation sites is 2. The van der Waals surface area contributed by atoms with Gasteiger partial charge >= 0.3 is 0 Å². The zero-order valence-electron chi connectivity index (χ0n) is 16.2. The lowest BCUT2D eigenvalue weighted by Crippen LogP contribution is -1.70. The van der Waals surface area contributed by atoms with E-state index in [1.807, 2.05) is 36.4 Å². The monoisotopic (exact) mass is 492 g/mol. The number of isothiocyanates is 2. The summed E-state index contributed by atoms with van der Waals surface area (Å²) in [6, 6.07) is 21.8. The molecule has 0 aliphatic carbocycles. The minimum Gasteiger partial charge on any atom is -0.211 e. The Morgan fingerprint density at radius 2 is 0.938 bits per heavy atom. The summed E-state index contributed by atoms with van der Waals surface area (Å²) < 4.78 is 0. The number of hydrogen-bond donors (Lipinski definition) is 0. The lowest BCUT2D eigenvalue weighted by molar-refractivity contribution is 0.564. The van der Waals surface area contributed by atoms with Gasteiger partial charge in [0.2, 0.25) is 12.2 Å². The highest BCUT2D eigenvalue weighted by Gasteiger charge is 1.99. The molecular weight excluding hydrogens is 481 g/mol. The number of hydrogen-bond acceptors (Lipinski definition) is 10. The molecule has 0 amide bonds. The SMILES string of the molecule is O=C=Nc1ccc(SSc2ccc(N=C=O)cc2)cc1.S=C=Nc1ccccc1N=C=S. The molecule has 0 aromatic heterocycles. The first-order chi connectivity index (χ1) is 15.7. The van der Waals surface area contributed by atoms with Gasteiger partial charge in [-0.2, -0.15) is 20.0 Å². The Morgan fingerprint density at radius 1 is 0.562 bits per heavy atom. The summed E-state index contributed by atoms with van der Waals surface area (Å²) in [6.07, 6.45) is 3.01. The summed E-state index contributed by atoms with van der Waals surface area (Å²) in [5.41, 5.74) is 2.49. The Balaban J connectivity index is 0.000000258. The van der Waals surface area contributed by atoms with Crippen LogP contribution in [0.2, 0.25) is 0 Å². The van der Waals surface area contributed by atoms with Crippen molar-refractivity contribution in [3.63, 3.8) is 0 Å². The van der Waals surface area contributed by atoms with Crippen molar-refractivity contribution in [1.29, 1.82) is 0 Å². The molecule has 0 fully saturated rings. The second-order valence-corrected chi connectivity index (χ2v) is 8.10. The molecule has 0 unspecified atom stereocenters. The predicted molar refractivity (Wildman–Crippen MR) is 136 cm³/mol. The van der Waals surface area contributed by atoms with E-state index in [9.17, 15) is 9.59 Å². The molecule has 0 radical (unpaired) electrons. The topological polar surface area (TPSA) is 83.6 Å². The van der Waals surface area contributed by atoms with E-state index in [2.05, 4.69) is 54.7 Å². The number of carbonyl (C=O) groups excluding carboxylic acids is 2. The zero-order valence-corrected chi connectivity index (χ0v) is 19.4. The third kappa shape index (κ3) is 8.84. The Labute approximate surface area is 202 Å². The number of thiocarbonyl (C=S) groups is 2. The Bertz CT molecular complexity index is 1140. The minimum absolute atomic E-state index is 0.588. The third-order valence-corrected chi connectivity index (χ3v) is 6.07. The van der Waals surface area contributed by atoms with Crippen LogP contribution in [0.4, 0.5) is 22.7 Å². The molecule has 0 N–H and O–H groups in total. The van der Waals surface area contributed by atoms with E-state index in [1.54, 1.807) is 58.0 Å². The number of nitrogens with zero attached hydrogens (tertiary/aromatic N) is 4. The van der Waals surface area contributed by atoms with Gasteiger partial charge < -0.3 is 0 Å². The van der Waals surface area contributed by atoms with Crippen LogP contribution >= 0.6 is 46.0 Å². The van der Waals surface area contributed by atoms with E-state index in [0.29, 0.717) is 22.7 Å². The fraction of sp³-hybridized carbons (Fsp3) is 0. The molecule has 0 aliphatic rings. The maximum absolute atomic E-state index is 10.1. The van der Waals surface area contributed by atoms with Crippen LogP contribution in [0.3, 0.4) is 0 Å². The Kier molecular flexibility index (Phi) is 11.5. The second kappa shape index (κ2) is 14.7. The lowest BCUT2D eigenvalue weighted by Gasteiger charge is -2.01. The van der Waals surface area contributed by atoms with Gasteiger partial charge in [-0.1, -0.05) is 33.7 Å². The molecule has 0 spiro atoms. The number of aliphatic imine (C=N–C) groups is 4. The van der Waals surface area contributed by atoms with Crippen LogP contribution in [0.15, 0.2) is 103 Å². The van der Waals surface area contributed by atoms with Crippen molar-refractivity contribution in [2.45, 2.75) is 9.79 Å². The van der Waals surface area contributed by atoms with Gasteiger partial charge in [0.15, 0.2) is 0 Å². The molecule has 32 heavy (non-hydrogen) atoms. The first kappa shape index (κ1) is 25.0. The Morgan fingerprint density at radius 3 is 1.25 bits per heavy atom. The molecule has 0 saturated carbocycles. The summed E-state index contributed by atoms with van der Waals surface area (Å²) in [5.74, 6) is 0. The summed E-state index contributed by atoms with van der Waals surface area (Å²) in [5, 5.41) is 4.54. The van der Waals surface area contributed by atoms with Gasteiger partial charge in [0.05, 0.1) is 21.7 Å². The molecule has 0 atom stereocenters. The van der Waals surface area contributed by atoms with E-state index in [-0.39, 0.29) is 0 Å². The quantitative estimate of drug-likeness (QED) is 0.146. The molecular formula is C22H12N4O2S4. The maximum Gasteiger partial charge on any atom is 0.240 e. The molecule has 6 nitrogen and oxygen atoms in total. The average molecular weight is 493 g/mol. The zero-order chi connectivity index (χ0) is 23.0. The van der Waals surface area contributed by atoms with Gasteiger partial charge in [-0.25, -0.2) is 9.59 Å². The molecule has 0 heterocycles. The predicted octanol–water partition coefficient (Wildman–Crippen LogP) is 7.58. The van der Waals surface area contributed by atoms with E-state index in [1.165, 1.54) is 12.2 Å². The summed E-state index contributed by atoms with van der Waals surface area (Å²) >= 11 is 8.95. The van der Waals surface area contributed by atoms with Gasteiger partial charge in [-0.05, 0) is 85.1 Å². The van der Waals surface area contributed by atoms with Crippen LogP contribution in [0.25, 0.3) is 0 Å². The molecule has 156 valence electrons. The number of rotatable bonds is 7. The molecule has 0 aliphatic heterocycles. The van der Waals surface area contributed by atoms with Crippen LogP contribution in [-0.4, -0.2) is 22.5 Å². The van der Waals surface area contributed by atoms with E-state index >= 15 is 0 Å². The van der Waals surface area contributed by atoms with Crippen LogP contribution in [0.5, 0.6) is 0 Å². The largest absolute Gasteiger partial charge is 0.240 e. The summed E-state index contributed by atoms with van der Waals surface area (Å²) in [4.78, 5) is 37.0. The molecule has 3 rings (SSSR count). The van der Waals surface area contributed by atoms with Gasteiger partial charge in [-0.3, -0.25) is 0 Å². The van der Waals surface area contributed by atoms with Crippen molar-refractivity contribution in [2.24, 2.45) is 20.0 Å². The van der Waals surface area contributed by atoms with Crippen molar-refractivity contribution in [1.82, 2.24) is 0 Å². The highest BCUT2D eigenvalue weighted by molar-refractivity contribution is 8.76. The second-order valence-electron chi connectivity index (χ2n) is 5.46. The van der Waals surface area contributed by atoms with E-state index in [0.717, 1.165) is 9.79 Å². The fourth-order valence-electron chi connectivity index (χ4n) is 2.11. The summed E-state index contributed by atoms with van der Waals surface area (Å²) in [6.45, 7) is 0. The lowest BCUT2D eigenvalue weighted by atomic mass is 10.3. The molecule has 0 bridgehead atoms. The minimum atomic E-state index is 0.588. The summed E-state index contributed by atoms with van der Waals surface area (Å²) in [7, 11) is 3.18.